The summed E-state index contributed by atoms with van der Waals surface area (Å²) in [6, 6.07) is 0. The zero-order chi connectivity index (χ0) is 11.3. The molecule has 1 heterocycles. The van der Waals surface area contributed by atoms with Gasteiger partial charge in [0.25, 0.3) is 0 Å². The first kappa shape index (κ1) is 12.0. The second-order valence-corrected chi connectivity index (χ2v) is 3.74. The summed E-state index contributed by atoms with van der Waals surface area (Å²) >= 11 is 0. The van der Waals surface area contributed by atoms with Gasteiger partial charge in [0, 0.05) is 32.4 Å². The molecule has 15 heavy (non-hydrogen) atoms. The molecule has 1 aromatic heterocycles. The summed E-state index contributed by atoms with van der Waals surface area (Å²) < 4.78 is 2.22. The Morgan fingerprint density at radius 1 is 1.47 bits per heavy atom. The van der Waals surface area contributed by atoms with Crippen LogP contribution in [0.4, 0.5) is 5.95 Å². The standard InChI is InChI=1S/C11H22N4/c1-4-7-15-9-10(3)13-11(15)14(5-2)8-6-12/h9H,4-8,12H2,1-3H3. The van der Waals surface area contributed by atoms with Crippen LogP contribution < -0.4 is 10.6 Å². The Morgan fingerprint density at radius 3 is 2.73 bits per heavy atom. The van der Waals surface area contributed by atoms with Gasteiger partial charge in [-0.1, -0.05) is 6.92 Å². The maximum atomic E-state index is 5.59. The van der Waals surface area contributed by atoms with E-state index in [0.717, 1.165) is 37.7 Å². The number of rotatable bonds is 6. The van der Waals surface area contributed by atoms with E-state index in [4.69, 9.17) is 5.73 Å². The lowest BCUT2D eigenvalue weighted by Gasteiger charge is -2.21. The summed E-state index contributed by atoms with van der Waals surface area (Å²) in [4.78, 5) is 6.78. The van der Waals surface area contributed by atoms with Gasteiger partial charge in [-0.2, -0.15) is 0 Å². The number of hydrogen-bond acceptors (Lipinski definition) is 3. The molecule has 0 aliphatic rings. The molecule has 1 aromatic rings. The van der Waals surface area contributed by atoms with Gasteiger partial charge in [-0.3, -0.25) is 0 Å². The number of imidazole rings is 1. The highest BCUT2D eigenvalue weighted by molar-refractivity contribution is 5.33. The number of hydrogen-bond donors (Lipinski definition) is 1. The maximum Gasteiger partial charge on any atom is 0.205 e. The van der Waals surface area contributed by atoms with Gasteiger partial charge in [0.1, 0.15) is 0 Å². The molecule has 0 amide bonds. The highest BCUT2D eigenvalue weighted by Crippen LogP contribution is 2.14. The van der Waals surface area contributed by atoms with E-state index in [1.807, 2.05) is 6.92 Å². The topological polar surface area (TPSA) is 47.1 Å². The van der Waals surface area contributed by atoms with E-state index in [-0.39, 0.29) is 0 Å². The first-order valence-electron chi connectivity index (χ1n) is 5.71. The lowest BCUT2D eigenvalue weighted by molar-refractivity contribution is 0.651. The third-order valence-corrected chi connectivity index (χ3v) is 2.40. The van der Waals surface area contributed by atoms with Crippen molar-refractivity contribution in [1.82, 2.24) is 9.55 Å². The van der Waals surface area contributed by atoms with E-state index in [2.05, 4.69) is 34.5 Å². The smallest absolute Gasteiger partial charge is 0.205 e. The van der Waals surface area contributed by atoms with Gasteiger partial charge in [0.2, 0.25) is 5.95 Å². The van der Waals surface area contributed by atoms with E-state index in [9.17, 15) is 0 Å². The minimum atomic E-state index is 0.672. The fraction of sp³-hybridized carbons (Fsp3) is 0.727. The first-order chi connectivity index (χ1) is 7.22. The third-order valence-electron chi connectivity index (χ3n) is 2.40. The quantitative estimate of drug-likeness (QED) is 0.771. The fourth-order valence-electron chi connectivity index (χ4n) is 1.75. The third kappa shape index (κ3) is 2.96. The molecule has 0 saturated carbocycles. The first-order valence-corrected chi connectivity index (χ1v) is 5.71. The number of nitrogens with zero attached hydrogens (tertiary/aromatic N) is 3. The van der Waals surface area contributed by atoms with Crippen LogP contribution in [0.5, 0.6) is 0 Å². The van der Waals surface area contributed by atoms with Crippen molar-refractivity contribution in [3.05, 3.63) is 11.9 Å². The Balaban J connectivity index is 2.88. The van der Waals surface area contributed by atoms with Crippen LogP contribution in [0.3, 0.4) is 0 Å². The van der Waals surface area contributed by atoms with E-state index < -0.39 is 0 Å². The lowest BCUT2D eigenvalue weighted by atomic mass is 10.4. The van der Waals surface area contributed by atoms with E-state index in [1.165, 1.54) is 0 Å². The highest BCUT2D eigenvalue weighted by Gasteiger charge is 2.11. The largest absolute Gasteiger partial charge is 0.341 e. The number of aryl methyl sites for hydroxylation is 2. The summed E-state index contributed by atoms with van der Waals surface area (Å²) in [5.74, 6) is 1.06. The average molecular weight is 210 g/mol. The molecule has 0 fully saturated rings. The molecule has 0 bridgehead atoms. The molecule has 0 atom stereocenters. The van der Waals surface area contributed by atoms with Crippen molar-refractivity contribution >= 4 is 5.95 Å². The van der Waals surface area contributed by atoms with Crippen LogP contribution in [-0.4, -0.2) is 29.2 Å². The van der Waals surface area contributed by atoms with Crippen LogP contribution >= 0.6 is 0 Å². The molecule has 0 aliphatic carbocycles. The summed E-state index contributed by atoms with van der Waals surface area (Å²) in [5.41, 5.74) is 6.67. The van der Waals surface area contributed by atoms with Gasteiger partial charge in [-0.15, -0.1) is 0 Å². The predicted molar refractivity (Wildman–Crippen MR) is 64.2 cm³/mol. The number of nitrogens with two attached hydrogens (primary N) is 1. The van der Waals surface area contributed by atoms with Gasteiger partial charge in [-0.05, 0) is 20.3 Å². The Labute approximate surface area is 92.1 Å². The van der Waals surface area contributed by atoms with Crippen molar-refractivity contribution in [2.45, 2.75) is 33.7 Å². The van der Waals surface area contributed by atoms with E-state index in [1.54, 1.807) is 0 Å². The van der Waals surface area contributed by atoms with E-state index in [0.29, 0.717) is 6.54 Å². The summed E-state index contributed by atoms with van der Waals surface area (Å²) in [6.07, 6.45) is 3.24. The summed E-state index contributed by atoms with van der Waals surface area (Å²) in [5, 5.41) is 0. The van der Waals surface area contributed by atoms with Crippen LogP contribution in [0.25, 0.3) is 0 Å². The lowest BCUT2D eigenvalue weighted by Crippen LogP contribution is -2.31. The maximum absolute atomic E-state index is 5.59. The minimum absolute atomic E-state index is 0.672. The zero-order valence-corrected chi connectivity index (χ0v) is 10.0. The average Bonchev–Trinajstić information content (AvgIpc) is 2.56. The summed E-state index contributed by atoms with van der Waals surface area (Å²) in [7, 11) is 0. The van der Waals surface area contributed by atoms with Crippen molar-refractivity contribution in [2.24, 2.45) is 5.73 Å². The van der Waals surface area contributed by atoms with Crippen LogP contribution in [0.15, 0.2) is 6.20 Å². The fourth-order valence-corrected chi connectivity index (χ4v) is 1.75. The van der Waals surface area contributed by atoms with Gasteiger partial charge >= 0.3 is 0 Å². The molecule has 0 unspecified atom stereocenters. The van der Waals surface area contributed by atoms with E-state index >= 15 is 0 Å². The summed E-state index contributed by atoms with van der Waals surface area (Å²) in [6.45, 7) is 9.87. The van der Waals surface area contributed by atoms with Crippen molar-refractivity contribution in [1.29, 1.82) is 0 Å². The van der Waals surface area contributed by atoms with Gasteiger partial charge in [-0.25, -0.2) is 4.98 Å². The second kappa shape index (κ2) is 5.75. The molecule has 4 heteroatoms. The SMILES string of the molecule is CCCn1cc(C)nc1N(CC)CCN. The predicted octanol–water partition coefficient (Wildman–Crippen LogP) is 1.39. The normalized spacial score (nSPS) is 10.7. The molecular weight excluding hydrogens is 188 g/mol. The molecule has 1 rings (SSSR count). The van der Waals surface area contributed by atoms with Crippen LogP contribution in [0, 0.1) is 6.92 Å². The molecule has 86 valence electrons. The number of anilines is 1. The Hall–Kier alpha value is -1.03. The van der Waals surface area contributed by atoms with Crippen molar-refractivity contribution in [2.75, 3.05) is 24.5 Å². The van der Waals surface area contributed by atoms with Gasteiger partial charge in [0.05, 0.1) is 5.69 Å². The van der Waals surface area contributed by atoms with Gasteiger partial charge < -0.3 is 15.2 Å². The molecule has 0 aromatic carbocycles. The highest BCUT2D eigenvalue weighted by atomic mass is 15.3. The zero-order valence-electron chi connectivity index (χ0n) is 10.0. The van der Waals surface area contributed by atoms with Crippen LogP contribution in [0.1, 0.15) is 26.0 Å². The molecule has 0 saturated heterocycles. The molecule has 0 radical (unpaired) electrons. The Morgan fingerprint density at radius 2 is 2.20 bits per heavy atom. The Kier molecular flexibility index (Phi) is 4.62. The minimum Gasteiger partial charge on any atom is -0.341 e. The van der Waals surface area contributed by atoms with Crippen LogP contribution in [0.2, 0.25) is 0 Å². The number of likely N-dealkylation sites (N-methyl/N-ethyl adjacent to an activating group) is 1. The van der Waals surface area contributed by atoms with Crippen molar-refractivity contribution in [3.63, 3.8) is 0 Å². The molecule has 2 N–H and O–H groups in total. The number of aromatic nitrogens is 2. The molecule has 0 spiro atoms. The van der Waals surface area contributed by atoms with Crippen LogP contribution in [-0.2, 0) is 6.54 Å². The molecule has 4 nitrogen and oxygen atoms in total. The monoisotopic (exact) mass is 210 g/mol. The molecule has 0 aliphatic heterocycles. The Bertz CT molecular complexity index is 293. The second-order valence-electron chi connectivity index (χ2n) is 3.74. The van der Waals surface area contributed by atoms with Crippen molar-refractivity contribution in [3.8, 4) is 0 Å². The molecular formula is C11H22N4. The van der Waals surface area contributed by atoms with Crippen molar-refractivity contribution < 1.29 is 0 Å². The van der Waals surface area contributed by atoms with Gasteiger partial charge in [0.15, 0.2) is 0 Å².